The van der Waals surface area contributed by atoms with Gasteiger partial charge in [0.15, 0.2) is 0 Å². The SMILES string of the molecule is CC(O)C1NC(=O)C(CCCCN)NC(=O)[C@@H](Cc2ccc(NC(N)=O)cc2)NC(=O)C(Cc2ccc(O)cc2)NC(=O)C(NC(=O)C(Cc2ccc(Cl)cc2)NC(=O)CCC(C(=O)O)N2CCN(CC(=O)O)CCN(CC(=O)O)CC2)CSSCC(C(=O)NC(Cc2ccc(O)cc2)C(N)=O)NC1=O.[61Cu]. The van der Waals surface area contributed by atoms with Crippen molar-refractivity contribution >= 4 is 116 Å². The van der Waals surface area contributed by atoms with E-state index in [-0.39, 0.29) is 125 Å². The first-order valence-electron chi connectivity index (χ1n) is 33.6. The minimum atomic E-state index is -1.86. The molecule has 38 heteroatoms. The number of nitrogens with one attached hydrogen (secondary N) is 9. The Morgan fingerprint density at radius 3 is 1.58 bits per heavy atom. The second kappa shape index (κ2) is 44.0. The van der Waals surface area contributed by atoms with Gasteiger partial charge >= 0.3 is 23.9 Å². The molecule has 2 fully saturated rings. The Bertz CT molecular complexity index is 3640. The molecule has 0 saturated carbocycles. The number of carboxylic acids is 3. The summed E-state index contributed by atoms with van der Waals surface area (Å²) in [7, 11) is 1.68. The molecule has 4 aromatic carbocycles. The predicted molar refractivity (Wildman–Crippen MR) is 387 cm³/mol. The normalized spacial score (nSPS) is 20.5. The van der Waals surface area contributed by atoms with E-state index < -0.39 is 169 Å². The van der Waals surface area contributed by atoms with Gasteiger partial charge in [-0.25, -0.2) is 4.79 Å². The van der Waals surface area contributed by atoms with Gasteiger partial charge in [-0.3, -0.25) is 72.2 Å². The summed E-state index contributed by atoms with van der Waals surface area (Å²) in [4.78, 5) is 184. The molecule has 9 unspecified atom stereocenters. The van der Waals surface area contributed by atoms with Gasteiger partial charge < -0.3 is 95.7 Å². The molecule has 6 rings (SSSR count). The van der Waals surface area contributed by atoms with Crippen molar-refractivity contribution in [3.63, 3.8) is 0 Å². The number of nitrogens with two attached hydrogens (primary N) is 3. The average Bonchev–Trinajstić information content (AvgIpc) is 1.10. The molecule has 2 aliphatic rings. The number of phenols is 2. The number of aliphatic hydroxyl groups is 1. The molecule has 581 valence electrons. The van der Waals surface area contributed by atoms with Crippen LogP contribution in [0, 0.1) is 0 Å². The van der Waals surface area contributed by atoms with Crippen molar-refractivity contribution in [1.82, 2.24) is 57.2 Å². The number of hydrogen-bond donors (Lipinski definition) is 18. The number of benzene rings is 4. The Kier molecular flexibility index (Phi) is 36.2. The van der Waals surface area contributed by atoms with Crippen molar-refractivity contribution in [2.75, 3.05) is 75.7 Å². The monoisotopic (exact) mass is 1580 g/mol. The average molecular weight is 1580 g/mol. The van der Waals surface area contributed by atoms with Crippen molar-refractivity contribution in [1.29, 1.82) is 0 Å². The van der Waals surface area contributed by atoms with Gasteiger partial charge in [-0.2, -0.15) is 0 Å². The number of aliphatic carboxylic acids is 3. The number of primary amides is 2. The van der Waals surface area contributed by atoms with Crippen LogP contribution in [0.3, 0.4) is 0 Å². The van der Waals surface area contributed by atoms with E-state index in [1.165, 1.54) is 99.6 Å². The molecule has 4 aromatic rings. The first-order chi connectivity index (χ1) is 49.9. The summed E-state index contributed by atoms with van der Waals surface area (Å²) in [5.74, 6) is -13.9. The van der Waals surface area contributed by atoms with E-state index in [1.54, 1.807) is 12.1 Å². The molecule has 0 spiro atoms. The minimum absolute atomic E-state index is 0. The molecule has 2 saturated heterocycles. The number of hydrogen-bond acceptors (Lipinski definition) is 22. The number of aliphatic hydroxyl groups excluding tert-OH is 1. The second-order valence-corrected chi connectivity index (χ2v) is 28.2. The number of halogens is 1. The summed E-state index contributed by atoms with van der Waals surface area (Å²) in [5, 5.41) is 84.9. The van der Waals surface area contributed by atoms with Crippen LogP contribution in [0.1, 0.15) is 61.3 Å². The van der Waals surface area contributed by atoms with E-state index in [4.69, 9.17) is 28.8 Å². The van der Waals surface area contributed by atoms with Gasteiger partial charge in [0.25, 0.3) is 0 Å². The molecular weight excluding hydrogens is 1490 g/mol. The largest absolute Gasteiger partial charge is 0.508 e. The quantitative estimate of drug-likeness (QED) is 0.0160. The third-order valence-electron chi connectivity index (χ3n) is 17.0. The fourth-order valence-electron chi connectivity index (χ4n) is 11.4. The van der Waals surface area contributed by atoms with Crippen LogP contribution < -0.4 is 65.1 Å². The molecule has 21 N–H and O–H groups in total. The van der Waals surface area contributed by atoms with E-state index in [0.717, 1.165) is 28.5 Å². The molecule has 0 bridgehead atoms. The molecule has 34 nitrogen and oxygen atoms in total. The van der Waals surface area contributed by atoms with Gasteiger partial charge in [-0.05, 0) is 110 Å². The number of nitrogens with zero attached hydrogens (tertiary/aromatic N) is 3. The number of amides is 11. The van der Waals surface area contributed by atoms with Crippen molar-refractivity contribution in [3.8, 4) is 11.5 Å². The van der Waals surface area contributed by atoms with E-state index in [2.05, 4.69) is 47.9 Å². The van der Waals surface area contributed by atoms with Crippen LogP contribution in [-0.2, 0) is 100 Å². The van der Waals surface area contributed by atoms with Gasteiger partial charge in [0.1, 0.15) is 65.9 Å². The fraction of sp³-hybridized carbons (Fsp3) is 0.456. The maximum atomic E-state index is 15.3. The van der Waals surface area contributed by atoms with Crippen molar-refractivity contribution in [2.24, 2.45) is 17.2 Å². The predicted octanol–water partition coefficient (Wildman–Crippen LogP) is -1.90. The summed E-state index contributed by atoms with van der Waals surface area (Å²) in [6.07, 6.45) is -3.34. The number of rotatable bonds is 29. The van der Waals surface area contributed by atoms with Crippen LogP contribution in [0.2, 0.25) is 5.02 Å². The standard InChI is InChI=1S/C68H90ClN15O19S2.Cu/c1-38(85)58-66(100)80-53(64(98)76-48(59(71)93)30-41-9-17-45(86)18-10-41)37-105-104-36-52(79-61(95)49(31-39-5-13-43(69)14-6-39)74-55(88)22-21-54(67(101)102)84-28-26-82(34-56(89)90)24-25-83(27-29-84)35-57(91)92)65(99)78-51(33-42-11-19-46(87)20-12-42)63(97)77-50(32-40-7-15-44(16-8-40)73-68(72)103)62(96)75-47(60(94)81-58)4-2-3-23-70;/h5-20,38,47-54,58,85-87H,2-4,21-37,70H2,1H3,(H2,71,93)(H,74,88)(H,75,96)(H,76,98)(H,77,97)(H,78,99)(H,79,95)(H,80,100)(H,81,94)(H,89,90)(H,91,92)(H,101,102)(H3,72,73,103);/t38?,47?,48?,49?,50-,51?,52?,53?,54?,58?;/m1./s1/i;1-3. The van der Waals surface area contributed by atoms with Crippen LogP contribution in [0.25, 0.3) is 0 Å². The van der Waals surface area contributed by atoms with Crippen molar-refractivity contribution < 1.29 is 110 Å². The number of carbonyl (C=O) groups excluding carboxylic acids is 10. The number of urea groups is 1. The van der Waals surface area contributed by atoms with Gasteiger partial charge in [0.05, 0.1) is 19.2 Å². The number of phenolic OH excluding ortho intramolecular Hbond substituents is 2. The van der Waals surface area contributed by atoms with Gasteiger partial charge in [-0.15, -0.1) is 0 Å². The van der Waals surface area contributed by atoms with Gasteiger partial charge in [0.2, 0.25) is 53.2 Å². The molecule has 0 aliphatic carbocycles. The summed E-state index contributed by atoms with van der Waals surface area (Å²) >= 11 is 6.26. The van der Waals surface area contributed by atoms with Crippen molar-refractivity contribution in [3.05, 3.63) is 124 Å². The van der Waals surface area contributed by atoms with E-state index in [1.807, 2.05) is 0 Å². The minimum Gasteiger partial charge on any atom is -0.508 e. The van der Waals surface area contributed by atoms with Gasteiger partial charge in [0, 0.05) is 111 Å². The Hall–Kier alpha value is -9.30. The van der Waals surface area contributed by atoms with Crippen LogP contribution in [0.5, 0.6) is 11.5 Å². The summed E-state index contributed by atoms with van der Waals surface area (Å²) < 4.78 is 0. The topological polar surface area (TPSA) is 539 Å². The molecule has 106 heavy (non-hydrogen) atoms. The number of carboxylic acid groups (broad SMARTS) is 3. The molecule has 0 aromatic heterocycles. The number of aromatic hydroxyl groups is 2. The molecule has 1 radical (unpaired) electrons. The molecule has 2 heterocycles. The second-order valence-electron chi connectivity index (χ2n) is 25.2. The third-order valence-corrected chi connectivity index (χ3v) is 19.7. The molecule has 10 atom stereocenters. The Labute approximate surface area is 633 Å². The molecule has 2 aliphatic heterocycles. The summed E-state index contributed by atoms with van der Waals surface area (Å²) in [5.41, 5.74) is 18.8. The molecule has 11 amide bonds. The maximum Gasteiger partial charge on any atom is 0.320 e. The third kappa shape index (κ3) is 29.9. The van der Waals surface area contributed by atoms with Crippen LogP contribution in [0.15, 0.2) is 97.1 Å². The van der Waals surface area contributed by atoms with E-state index in [9.17, 15) is 78.6 Å². The first-order valence-corrected chi connectivity index (χ1v) is 36.4. The molecular formula is C68H90ClCuN15O19S2. The Morgan fingerprint density at radius 2 is 1.08 bits per heavy atom. The zero-order valence-electron chi connectivity index (χ0n) is 57.7. The Morgan fingerprint density at radius 1 is 0.594 bits per heavy atom. The summed E-state index contributed by atoms with van der Waals surface area (Å²) in [6.45, 7) is 0.957. The smallest absolute Gasteiger partial charge is 0.320 e. The van der Waals surface area contributed by atoms with E-state index in [0.29, 0.717) is 33.7 Å². The van der Waals surface area contributed by atoms with Gasteiger partial charge in [-0.1, -0.05) is 81.7 Å². The first kappa shape index (κ1) is 87.3. The van der Waals surface area contributed by atoms with Crippen LogP contribution in [0.4, 0.5) is 10.5 Å². The zero-order valence-corrected chi connectivity index (χ0v) is 61.0. The van der Waals surface area contributed by atoms with Crippen molar-refractivity contribution in [2.45, 2.75) is 125 Å². The number of anilines is 1. The Balaban J connectivity index is 0.0000202. The number of unbranched alkanes of at least 4 members (excludes halogenated alkanes) is 1. The van der Waals surface area contributed by atoms with Crippen LogP contribution >= 0.6 is 33.2 Å². The fourth-order valence-corrected chi connectivity index (χ4v) is 13.8. The zero-order chi connectivity index (χ0) is 76.9. The number of carbonyl (C=O) groups is 13. The van der Waals surface area contributed by atoms with E-state index >= 15 is 14.4 Å². The van der Waals surface area contributed by atoms with Crippen LogP contribution in [-0.4, -0.2) is 253 Å². The summed E-state index contributed by atoms with van der Waals surface area (Å²) in [6, 6.07) is 7.85. The maximum absolute atomic E-state index is 15.3.